The molecule has 0 atom stereocenters. The van der Waals surface area contributed by atoms with Crippen molar-refractivity contribution in [2.75, 3.05) is 0 Å². The van der Waals surface area contributed by atoms with Gasteiger partial charge < -0.3 is 0 Å². The minimum Gasteiger partial charge on any atom is -0.243 e. The van der Waals surface area contributed by atoms with Crippen LogP contribution in [0.2, 0.25) is 0 Å². The molecular weight excluding hydrogens is 230 g/mol. The van der Waals surface area contributed by atoms with Gasteiger partial charge >= 0.3 is 0 Å². The number of hydrogen-bond donors (Lipinski definition) is 0. The van der Waals surface area contributed by atoms with Crippen LogP contribution in [-0.4, -0.2) is 14.8 Å². The second-order valence-corrected chi connectivity index (χ2v) is 3.40. The van der Waals surface area contributed by atoms with E-state index in [9.17, 15) is 0 Å². The lowest BCUT2D eigenvalue weighted by Crippen LogP contribution is -1.89. The zero-order valence-electron chi connectivity index (χ0n) is 7.11. The number of benzene rings is 1. The topological polar surface area (TPSA) is 30.7 Å². The average molecular weight is 238 g/mol. The summed E-state index contributed by atoms with van der Waals surface area (Å²) < 4.78 is 2.44. The molecule has 2 aromatic rings. The van der Waals surface area contributed by atoms with E-state index in [2.05, 4.69) is 26.0 Å². The Morgan fingerprint density at radius 3 is 2.46 bits per heavy atom. The van der Waals surface area contributed by atoms with Gasteiger partial charge in [0.25, 0.3) is 0 Å². The predicted octanol–water partition coefficient (Wildman–Crippen LogP) is 2.24. The highest BCUT2D eigenvalue weighted by Gasteiger charge is 2.05. The molecule has 0 fully saturated rings. The van der Waals surface area contributed by atoms with E-state index in [0.29, 0.717) is 0 Å². The van der Waals surface area contributed by atoms with Gasteiger partial charge in [-0.2, -0.15) is 5.10 Å². The monoisotopic (exact) mass is 237 g/mol. The summed E-state index contributed by atoms with van der Waals surface area (Å²) in [4.78, 5) is 4.25. The number of halogens is 1. The lowest BCUT2D eigenvalue weighted by molar-refractivity contribution is 0.747. The van der Waals surface area contributed by atoms with E-state index in [1.165, 1.54) is 0 Å². The van der Waals surface area contributed by atoms with Crippen molar-refractivity contribution in [3.8, 4) is 11.4 Å². The average Bonchev–Trinajstić information content (AvgIpc) is 2.49. The summed E-state index contributed by atoms with van der Waals surface area (Å²) in [5, 5.41) is 4.24. The van der Waals surface area contributed by atoms with E-state index in [1.54, 1.807) is 4.68 Å². The summed E-state index contributed by atoms with van der Waals surface area (Å²) in [5.74, 6) is 0.745. The van der Waals surface area contributed by atoms with Gasteiger partial charge in [-0.3, -0.25) is 0 Å². The van der Waals surface area contributed by atoms with E-state index in [4.69, 9.17) is 0 Å². The van der Waals surface area contributed by atoms with Gasteiger partial charge in [0.1, 0.15) is 0 Å². The Labute approximate surface area is 84.5 Å². The van der Waals surface area contributed by atoms with Gasteiger partial charge in [0.05, 0.1) is 0 Å². The minimum absolute atomic E-state index is 0.742. The number of hydrogen-bond acceptors (Lipinski definition) is 2. The number of nitrogens with zero attached hydrogens (tertiary/aromatic N) is 3. The van der Waals surface area contributed by atoms with E-state index in [0.717, 1.165) is 16.1 Å². The minimum atomic E-state index is 0.742. The van der Waals surface area contributed by atoms with Gasteiger partial charge in [0.15, 0.2) is 10.6 Å². The van der Waals surface area contributed by atoms with Crippen LogP contribution in [0.5, 0.6) is 0 Å². The standard InChI is InChI=1S/C9H8BrN3/c1-13-9(10)11-8(12-13)7-5-3-2-4-6-7/h2-6H,1H3. The van der Waals surface area contributed by atoms with Crippen LogP contribution in [0.15, 0.2) is 35.1 Å². The summed E-state index contributed by atoms with van der Waals surface area (Å²) in [5.41, 5.74) is 1.03. The lowest BCUT2D eigenvalue weighted by Gasteiger charge is -1.91. The van der Waals surface area contributed by atoms with Crippen LogP contribution in [0.3, 0.4) is 0 Å². The third-order valence-corrected chi connectivity index (χ3v) is 2.43. The molecule has 1 aromatic heterocycles. The predicted molar refractivity (Wildman–Crippen MR) is 54.1 cm³/mol. The van der Waals surface area contributed by atoms with Crippen molar-refractivity contribution in [2.45, 2.75) is 0 Å². The first-order valence-corrected chi connectivity index (χ1v) is 4.68. The van der Waals surface area contributed by atoms with Crippen molar-refractivity contribution in [1.29, 1.82) is 0 Å². The lowest BCUT2D eigenvalue weighted by atomic mass is 10.2. The zero-order valence-corrected chi connectivity index (χ0v) is 8.69. The van der Waals surface area contributed by atoms with Crippen LogP contribution in [0.25, 0.3) is 11.4 Å². The molecule has 0 saturated carbocycles. The zero-order chi connectivity index (χ0) is 9.26. The molecule has 1 aromatic carbocycles. The van der Waals surface area contributed by atoms with Gasteiger partial charge in [0, 0.05) is 12.6 Å². The molecule has 0 aliphatic rings. The third-order valence-electron chi connectivity index (χ3n) is 1.74. The molecule has 0 N–H and O–H groups in total. The van der Waals surface area contributed by atoms with Gasteiger partial charge in [-0.25, -0.2) is 9.67 Å². The van der Waals surface area contributed by atoms with Crippen LogP contribution in [0, 0.1) is 0 Å². The molecular formula is C9H8BrN3. The van der Waals surface area contributed by atoms with Crippen molar-refractivity contribution >= 4 is 15.9 Å². The van der Waals surface area contributed by atoms with Crippen LogP contribution in [-0.2, 0) is 7.05 Å². The Morgan fingerprint density at radius 2 is 1.92 bits per heavy atom. The van der Waals surface area contributed by atoms with Crippen molar-refractivity contribution in [2.24, 2.45) is 7.05 Å². The normalized spacial score (nSPS) is 10.3. The van der Waals surface area contributed by atoms with Crippen molar-refractivity contribution in [3.05, 3.63) is 35.1 Å². The van der Waals surface area contributed by atoms with E-state index in [1.807, 2.05) is 37.4 Å². The van der Waals surface area contributed by atoms with Gasteiger partial charge in [-0.05, 0) is 15.9 Å². The fourth-order valence-electron chi connectivity index (χ4n) is 1.07. The number of rotatable bonds is 1. The molecule has 0 spiro atoms. The highest BCUT2D eigenvalue weighted by Crippen LogP contribution is 2.16. The molecule has 0 unspecified atom stereocenters. The van der Waals surface area contributed by atoms with E-state index in [-0.39, 0.29) is 0 Å². The highest BCUT2D eigenvalue weighted by molar-refractivity contribution is 9.10. The van der Waals surface area contributed by atoms with Crippen LogP contribution in [0.1, 0.15) is 0 Å². The molecule has 0 aliphatic carbocycles. The molecule has 0 aliphatic heterocycles. The Balaban J connectivity index is 2.48. The summed E-state index contributed by atoms with van der Waals surface area (Å²) in [6.45, 7) is 0. The highest BCUT2D eigenvalue weighted by atomic mass is 79.9. The molecule has 0 amide bonds. The molecule has 13 heavy (non-hydrogen) atoms. The van der Waals surface area contributed by atoms with Gasteiger partial charge in [0.2, 0.25) is 0 Å². The summed E-state index contributed by atoms with van der Waals surface area (Å²) in [6.07, 6.45) is 0. The summed E-state index contributed by atoms with van der Waals surface area (Å²) in [6, 6.07) is 9.89. The van der Waals surface area contributed by atoms with E-state index < -0.39 is 0 Å². The molecule has 1 heterocycles. The second kappa shape index (κ2) is 3.30. The number of aromatic nitrogens is 3. The first-order chi connectivity index (χ1) is 6.27. The van der Waals surface area contributed by atoms with Crippen molar-refractivity contribution < 1.29 is 0 Å². The fraction of sp³-hybridized carbons (Fsp3) is 0.111. The summed E-state index contributed by atoms with van der Waals surface area (Å²) in [7, 11) is 1.85. The molecule has 66 valence electrons. The van der Waals surface area contributed by atoms with E-state index >= 15 is 0 Å². The quantitative estimate of drug-likeness (QED) is 0.762. The fourth-order valence-corrected chi connectivity index (χ4v) is 1.32. The van der Waals surface area contributed by atoms with Crippen LogP contribution < -0.4 is 0 Å². The first kappa shape index (κ1) is 8.44. The summed E-state index contributed by atoms with van der Waals surface area (Å²) >= 11 is 3.30. The maximum Gasteiger partial charge on any atom is 0.195 e. The smallest absolute Gasteiger partial charge is 0.195 e. The Hall–Kier alpha value is -1.16. The number of aryl methyl sites for hydroxylation is 1. The molecule has 0 saturated heterocycles. The van der Waals surface area contributed by atoms with Crippen molar-refractivity contribution in [1.82, 2.24) is 14.8 Å². The maximum atomic E-state index is 4.25. The Morgan fingerprint density at radius 1 is 1.23 bits per heavy atom. The first-order valence-electron chi connectivity index (χ1n) is 3.89. The largest absolute Gasteiger partial charge is 0.243 e. The molecule has 2 rings (SSSR count). The molecule has 4 heteroatoms. The van der Waals surface area contributed by atoms with Gasteiger partial charge in [-0.15, -0.1) is 0 Å². The molecule has 0 radical (unpaired) electrons. The van der Waals surface area contributed by atoms with Crippen LogP contribution >= 0.6 is 15.9 Å². The Kier molecular flexibility index (Phi) is 2.14. The third kappa shape index (κ3) is 1.62. The molecule has 3 nitrogen and oxygen atoms in total. The van der Waals surface area contributed by atoms with Crippen molar-refractivity contribution in [3.63, 3.8) is 0 Å². The Bertz CT molecular complexity index is 389. The maximum absolute atomic E-state index is 4.25. The van der Waals surface area contributed by atoms with Crippen LogP contribution in [0.4, 0.5) is 0 Å². The van der Waals surface area contributed by atoms with Gasteiger partial charge in [-0.1, -0.05) is 30.3 Å². The second-order valence-electron chi connectivity index (χ2n) is 2.69. The molecule has 0 bridgehead atoms. The SMILES string of the molecule is Cn1nc(-c2ccccc2)nc1Br.